The van der Waals surface area contributed by atoms with Crippen LogP contribution in [0.5, 0.6) is 0 Å². The normalized spacial score (nSPS) is 11.7. The molecule has 0 saturated heterocycles. The summed E-state index contributed by atoms with van der Waals surface area (Å²) in [4.78, 5) is 3.99. The standard InChI is InChI=1S/C17H15FN2O2S/c18-15-8-1-2-9-16(15)23(21,22)20-12-10-14-6-3-5-13-7-4-11-19-17(13)14/h1-9,11,20H,10,12H2. The SMILES string of the molecule is O=S(=O)(NCCc1cccc2cccnc12)c1ccccc1F. The second-order valence-corrected chi connectivity index (χ2v) is 6.81. The number of aromatic nitrogens is 1. The number of nitrogens with zero attached hydrogens (tertiary/aromatic N) is 1. The predicted molar refractivity (Wildman–Crippen MR) is 87.0 cm³/mol. The predicted octanol–water partition coefficient (Wildman–Crippen LogP) is 2.89. The molecular formula is C17H15FN2O2S. The van der Waals surface area contributed by atoms with Gasteiger partial charge in [-0.1, -0.05) is 36.4 Å². The maximum absolute atomic E-state index is 13.6. The Morgan fingerprint density at radius 2 is 1.78 bits per heavy atom. The van der Waals surface area contributed by atoms with Crippen molar-refractivity contribution in [2.75, 3.05) is 6.54 Å². The second-order valence-electron chi connectivity index (χ2n) is 5.07. The summed E-state index contributed by atoms with van der Waals surface area (Å²) >= 11 is 0. The number of sulfonamides is 1. The van der Waals surface area contributed by atoms with Crippen LogP contribution in [0.1, 0.15) is 5.56 Å². The van der Waals surface area contributed by atoms with Crippen LogP contribution in [0.15, 0.2) is 65.7 Å². The number of rotatable bonds is 5. The van der Waals surface area contributed by atoms with E-state index in [1.165, 1.54) is 18.2 Å². The number of hydrogen-bond acceptors (Lipinski definition) is 3. The van der Waals surface area contributed by atoms with Gasteiger partial charge in [-0.05, 0) is 30.2 Å². The average Bonchev–Trinajstić information content (AvgIpc) is 2.55. The Hall–Kier alpha value is -2.31. The van der Waals surface area contributed by atoms with Crippen molar-refractivity contribution in [2.45, 2.75) is 11.3 Å². The summed E-state index contributed by atoms with van der Waals surface area (Å²) in [5, 5.41) is 1.00. The van der Waals surface area contributed by atoms with Crippen molar-refractivity contribution in [1.29, 1.82) is 0 Å². The van der Waals surface area contributed by atoms with Crippen molar-refractivity contribution in [3.05, 3.63) is 72.2 Å². The third kappa shape index (κ3) is 3.38. The molecule has 0 unspecified atom stereocenters. The molecule has 0 bridgehead atoms. The Morgan fingerprint density at radius 1 is 1.00 bits per heavy atom. The molecule has 2 aromatic carbocycles. The molecule has 1 heterocycles. The highest BCUT2D eigenvalue weighted by molar-refractivity contribution is 7.89. The summed E-state index contributed by atoms with van der Waals surface area (Å²) in [6.45, 7) is 0.173. The Labute approximate surface area is 134 Å². The summed E-state index contributed by atoms with van der Waals surface area (Å²) in [6.07, 6.45) is 2.18. The molecule has 3 rings (SSSR count). The van der Waals surface area contributed by atoms with Crippen LogP contribution in [-0.2, 0) is 16.4 Å². The zero-order valence-electron chi connectivity index (χ0n) is 12.2. The van der Waals surface area contributed by atoms with Crippen LogP contribution < -0.4 is 4.72 Å². The van der Waals surface area contributed by atoms with Gasteiger partial charge in [0.2, 0.25) is 10.0 Å². The maximum atomic E-state index is 13.6. The number of pyridine rings is 1. The molecule has 23 heavy (non-hydrogen) atoms. The van der Waals surface area contributed by atoms with Gasteiger partial charge in [-0.15, -0.1) is 0 Å². The molecule has 0 atom stereocenters. The van der Waals surface area contributed by atoms with E-state index in [2.05, 4.69) is 9.71 Å². The first kappa shape index (κ1) is 15.6. The minimum absolute atomic E-state index is 0.173. The summed E-state index contributed by atoms with van der Waals surface area (Å²) < 4.78 is 40.3. The van der Waals surface area contributed by atoms with E-state index in [1.807, 2.05) is 30.3 Å². The quantitative estimate of drug-likeness (QED) is 0.782. The first-order valence-electron chi connectivity index (χ1n) is 7.15. The topological polar surface area (TPSA) is 59.1 Å². The van der Waals surface area contributed by atoms with Gasteiger partial charge in [-0.2, -0.15) is 0 Å². The summed E-state index contributed by atoms with van der Waals surface area (Å²) in [5.74, 6) is -0.758. The molecule has 0 fully saturated rings. The highest BCUT2D eigenvalue weighted by atomic mass is 32.2. The van der Waals surface area contributed by atoms with Crippen molar-refractivity contribution in [3.8, 4) is 0 Å². The minimum atomic E-state index is -3.86. The van der Waals surface area contributed by atoms with Crippen LogP contribution in [-0.4, -0.2) is 19.9 Å². The van der Waals surface area contributed by atoms with Gasteiger partial charge in [0.15, 0.2) is 0 Å². The van der Waals surface area contributed by atoms with Gasteiger partial charge >= 0.3 is 0 Å². The molecule has 1 aromatic heterocycles. The van der Waals surface area contributed by atoms with Gasteiger partial charge < -0.3 is 0 Å². The van der Waals surface area contributed by atoms with Crippen molar-refractivity contribution in [3.63, 3.8) is 0 Å². The molecule has 0 spiro atoms. The van der Waals surface area contributed by atoms with E-state index >= 15 is 0 Å². The van der Waals surface area contributed by atoms with E-state index in [0.717, 1.165) is 22.5 Å². The third-order valence-corrected chi connectivity index (χ3v) is 5.02. The Kier molecular flexibility index (Phi) is 4.36. The zero-order valence-corrected chi connectivity index (χ0v) is 13.1. The number of fused-ring (bicyclic) bond motifs is 1. The van der Waals surface area contributed by atoms with Crippen molar-refractivity contribution in [2.24, 2.45) is 0 Å². The van der Waals surface area contributed by atoms with Crippen LogP contribution in [0.3, 0.4) is 0 Å². The Morgan fingerprint density at radius 3 is 2.61 bits per heavy atom. The van der Waals surface area contributed by atoms with Gasteiger partial charge in [0, 0.05) is 18.1 Å². The Balaban J connectivity index is 1.75. The van der Waals surface area contributed by atoms with Crippen LogP contribution in [0.2, 0.25) is 0 Å². The van der Waals surface area contributed by atoms with Gasteiger partial charge in [0.05, 0.1) is 5.52 Å². The third-order valence-electron chi connectivity index (χ3n) is 3.53. The van der Waals surface area contributed by atoms with Gasteiger partial charge in [-0.3, -0.25) is 4.98 Å². The molecule has 0 amide bonds. The summed E-state index contributed by atoms with van der Waals surface area (Å²) in [7, 11) is -3.86. The lowest BCUT2D eigenvalue weighted by Gasteiger charge is -2.09. The van der Waals surface area contributed by atoms with Gasteiger partial charge in [-0.25, -0.2) is 17.5 Å². The van der Waals surface area contributed by atoms with E-state index in [0.29, 0.717) is 6.42 Å². The zero-order chi connectivity index (χ0) is 16.3. The summed E-state index contributed by atoms with van der Waals surface area (Å²) in [6, 6.07) is 14.9. The number of benzene rings is 2. The lowest BCUT2D eigenvalue weighted by Crippen LogP contribution is -2.26. The van der Waals surface area contributed by atoms with Crippen LogP contribution in [0, 0.1) is 5.82 Å². The number of halogens is 1. The molecule has 0 radical (unpaired) electrons. The summed E-state index contributed by atoms with van der Waals surface area (Å²) in [5.41, 5.74) is 1.79. The van der Waals surface area contributed by atoms with Crippen LogP contribution in [0.25, 0.3) is 10.9 Å². The fourth-order valence-corrected chi connectivity index (χ4v) is 3.54. The number of para-hydroxylation sites is 1. The van der Waals surface area contributed by atoms with E-state index in [9.17, 15) is 12.8 Å². The maximum Gasteiger partial charge on any atom is 0.243 e. The fraction of sp³-hybridized carbons (Fsp3) is 0.118. The molecule has 4 nitrogen and oxygen atoms in total. The highest BCUT2D eigenvalue weighted by Crippen LogP contribution is 2.17. The molecule has 3 aromatic rings. The van der Waals surface area contributed by atoms with Crippen LogP contribution in [0.4, 0.5) is 4.39 Å². The molecule has 6 heteroatoms. The minimum Gasteiger partial charge on any atom is -0.256 e. The fourth-order valence-electron chi connectivity index (χ4n) is 2.43. The lowest BCUT2D eigenvalue weighted by molar-refractivity contribution is 0.557. The number of hydrogen-bond donors (Lipinski definition) is 1. The molecule has 0 saturated carbocycles. The van der Waals surface area contributed by atoms with E-state index < -0.39 is 15.8 Å². The smallest absolute Gasteiger partial charge is 0.243 e. The molecule has 0 aliphatic rings. The monoisotopic (exact) mass is 330 g/mol. The molecule has 1 N–H and O–H groups in total. The molecule has 118 valence electrons. The van der Waals surface area contributed by atoms with Crippen molar-refractivity contribution in [1.82, 2.24) is 9.71 Å². The van der Waals surface area contributed by atoms with Crippen molar-refractivity contribution >= 4 is 20.9 Å². The van der Waals surface area contributed by atoms with E-state index in [-0.39, 0.29) is 11.4 Å². The molecule has 0 aliphatic carbocycles. The van der Waals surface area contributed by atoms with Gasteiger partial charge in [0.1, 0.15) is 10.7 Å². The first-order chi connectivity index (χ1) is 11.1. The van der Waals surface area contributed by atoms with E-state index in [4.69, 9.17) is 0 Å². The van der Waals surface area contributed by atoms with Crippen LogP contribution >= 0.6 is 0 Å². The second kappa shape index (κ2) is 6.44. The number of nitrogens with one attached hydrogen (secondary N) is 1. The Bertz CT molecular complexity index is 937. The molecule has 0 aliphatic heterocycles. The molecular weight excluding hydrogens is 315 g/mol. The lowest BCUT2D eigenvalue weighted by atomic mass is 10.1. The average molecular weight is 330 g/mol. The van der Waals surface area contributed by atoms with Crippen molar-refractivity contribution < 1.29 is 12.8 Å². The highest BCUT2D eigenvalue weighted by Gasteiger charge is 2.17. The van der Waals surface area contributed by atoms with Gasteiger partial charge in [0.25, 0.3) is 0 Å². The largest absolute Gasteiger partial charge is 0.256 e. The van der Waals surface area contributed by atoms with E-state index in [1.54, 1.807) is 6.20 Å². The first-order valence-corrected chi connectivity index (χ1v) is 8.63.